The minimum Gasteiger partial charge on any atom is -0.497 e. The predicted octanol–water partition coefficient (Wildman–Crippen LogP) is 2.08. The third kappa shape index (κ3) is 5.84. The van der Waals surface area contributed by atoms with Gasteiger partial charge in [-0.2, -0.15) is 0 Å². The number of carbonyl (C=O) groups is 1. The van der Waals surface area contributed by atoms with E-state index in [2.05, 4.69) is 10.5 Å². The molecule has 0 saturated heterocycles. The summed E-state index contributed by atoms with van der Waals surface area (Å²) < 4.78 is 5.11. The first-order chi connectivity index (χ1) is 12.1. The molecule has 0 radical (unpaired) electrons. The number of hydrogen-bond acceptors (Lipinski definition) is 4. The normalized spacial score (nSPS) is 12.3. The van der Waals surface area contributed by atoms with Crippen LogP contribution in [0.25, 0.3) is 0 Å². The molecule has 0 aliphatic carbocycles. The monoisotopic (exact) mass is 341 g/mol. The molecule has 1 atom stereocenters. The number of benzene rings is 2. The lowest BCUT2D eigenvalue weighted by atomic mass is 10.1. The van der Waals surface area contributed by atoms with Crippen LogP contribution in [0.3, 0.4) is 0 Å². The number of oxime groups is 1. The van der Waals surface area contributed by atoms with Crippen LogP contribution in [0.15, 0.2) is 59.8 Å². The van der Waals surface area contributed by atoms with Crippen LogP contribution in [0.5, 0.6) is 5.75 Å². The van der Waals surface area contributed by atoms with Gasteiger partial charge in [0.1, 0.15) is 5.75 Å². The second-order valence-corrected chi connectivity index (χ2v) is 5.48. The molecule has 0 aliphatic heterocycles. The first-order valence-corrected chi connectivity index (χ1v) is 8.05. The minimum absolute atomic E-state index is 0.235. The van der Waals surface area contributed by atoms with Gasteiger partial charge in [-0.15, -0.1) is 0 Å². The summed E-state index contributed by atoms with van der Waals surface area (Å²) in [6.07, 6.45) is -0.00384. The first-order valence-electron chi connectivity index (χ1n) is 8.05. The van der Waals surface area contributed by atoms with E-state index in [1.807, 2.05) is 54.6 Å². The number of rotatable bonds is 8. The summed E-state index contributed by atoms with van der Waals surface area (Å²) in [5, 5.41) is 6.64. The molecule has 3 N–H and O–H groups in total. The molecule has 25 heavy (non-hydrogen) atoms. The van der Waals surface area contributed by atoms with Gasteiger partial charge in [0.2, 0.25) is 6.10 Å². The molecule has 2 aromatic rings. The van der Waals surface area contributed by atoms with Crippen molar-refractivity contribution in [3.63, 3.8) is 0 Å². The van der Waals surface area contributed by atoms with Gasteiger partial charge >= 0.3 is 0 Å². The van der Waals surface area contributed by atoms with Gasteiger partial charge in [0.25, 0.3) is 5.91 Å². The summed E-state index contributed by atoms with van der Waals surface area (Å²) in [5.41, 5.74) is 7.68. The smallest absolute Gasteiger partial charge is 0.263 e. The summed E-state index contributed by atoms with van der Waals surface area (Å²) in [7, 11) is 1.63. The van der Waals surface area contributed by atoms with Crippen molar-refractivity contribution >= 4 is 11.7 Å². The fourth-order valence-electron chi connectivity index (χ4n) is 2.11. The third-order valence-corrected chi connectivity index (χ3v) is 3.62. The van der Waals surface area contributed by atoms with Gasteiger partial charge in [0.15, 0.2) is 5.84 Å². The Morgan fingerprint density at radius 2 is 1.84 bits per heavy atom. The Bertz CT molecular complexity index is 700. The summed E-state index contributed by atoms with van der Waals surface area (Å²) in [5.74, 6) is 0.806. The summed E-state index contributed by atoms with van der Waals surface area (Å²) in [6, 6.07) is 17.0. The van der Waals surface area contributed by atoms with E-state index in [1.165, 1.54) is 0 Å². The van der Waals surface area contributed by atoms with Crippen molar-refractivity contribution in [3.05, 3.63) is 65.7 Å². The average molecular weight is 341 g/mol. The lowest BCUT2D eigenvalue weighted by Crippen LogP contribution is -2.35. The summed E-state index contributed by atoms with van der Waals surface area (Å²) in [4.78, 5) is 17.2. The number of hydrogen-bond donors (Lipinski definition) is 2. The number of nitrogens with zero attached hydrogens (tertiary/aromatic N) is 1. The average Bonchev–Trinajstić information content (AvgIpc) is 2.66. The van der Waals surface area contributed by atoms with Gasteiger partial charge in [-0.25, -0.2) is 0 Å². The molecule has 0 spiro atoms. The van der Waals surface area contributed by atoms with E-state index in [-0.39, 0.29) is 11.7 Å². The lowest BCUT2D eigenvalue weighted by Gasteiger charge is -2.11. The van der Waals surface area contributed by atoms with E-state index in [4.69, 9.17) is 15.3 Å². The Balaban J connectivity index is 1.76. The Morgan fingerprint density at radius 1 is 1.16 bits per heavy atom. The van der Waals surface area contributed by atoms with Crippen LogP contribution in [0.4, 0.5) is 0 Å². The van der Waals surface area contributed by atoms with Crippen molar-refractivity contribution in [2.45, 2.75) is 19.4 Å². The summed E-state index contributed by atoms with van der Waals surface area (Å²) >= 11 is 0. The van der Waals surface area contributed by atoms with E-state index in [0.717, 1.165) is 23.3 Å². The third-order valence-electron chi connectivity index (χ3n) is 3.62. The molecule has 2 aromatic carbocycles. The predicted molar refractivity (Wildman–Crippen MR) is 97.4 cm³/mol. The quantitative estimate of drug-likeness (QED) is 0.437. The fraction of sp³-hybridized carbons (Fsp3) is 0.263. The zero-order valence-corrected chi connectivity index (χ0v) is 14.4. The first kappa shape index (κ1) is 18.3. The maximum Gasteiger partial charge on any atom is 0.263 e. The molecule has 0 aromatic heterocycles. The van der Waals surface area contributed by atoms with Gasteiger partial charge in [0.05, 0.1) is 7.11 Å². The van der Waals surface area contributed by atoms with Crippen LogP contribution in [0, 0.1) is 0 Å². The largest absolute Gasteiger partial charge is 0.497 e. The number of carbonyl (C=O) groups excluding carboxylic acids is 1. The molecule has 6 heteroatoms. The molecule has 1 amide bonds. The highest BCUT2D eigenvalue weighted by Crippen LogP contribution is 2.11. The Labute approximate surface area is 147 Å². The highest BCUT2D eigenvalue weighted by molar-refractivity contribution is 5.97. The molecule has 0 bridgehead atoms. The minimum atomic E-state index is -0.724. The summed E-state index contributed by atoms with van der Waals surface area (Å²) in [6.45, 7) is 2.14. The Morgan fingerprint density at radius 3 is 2.48 bits per heavy atom. The van der Waals surface area contributed by atoms with Crippen LogP contribution >= 0.6 is 0 Å². The van der Waals surface area contributed by atoms with Crippen molar-refractivity contribution in [2.75, 3.05) is 13.7 Å². The molecule has 132 valence electrons. The van der Waals surface area contributed by atoms with Crippen LogP contribution in [-0.2, 0) is 16.1 Å². The second kappa shape index (κ2) is 9.32. The van der Waals surface area contributed by atoms with E-state index in [9.17, 15) is 4.79 Å². The van der Waals surface area contributed by atoms with E-state index >= 15 is 0 Å². The standard InChI is InChI=1S/C19H23N3O3/c1-14(25-22-18(20)16-6-4-3-5-7-16)19(23)21-13-12-15-8-10-17(24-2)11-9-15/h3-11,14H,12-13H2,1-2H3,(H2,20,22)(H,21,23)/t14-/m1/s1. The molecule has 0 unspecified atom stereocenters. The number of amidine groups is 1. The number of amides is 1. The Hall–Kier alpha value is -3.02. The number of nitrogens with two attached hydrogens (primary N) is 1. The maximum atomic E-state index is 12.0. The number of nitrogens with one attached hydrogen (secondary N) is 1. The molecular weight excluding hydrogens is 318 g/mol. The molecule has 0 aliphatic rings. The van der Waals surface area contributed by atoms with Gasteiger partial charge < -0.3 is 20.6 Å². The lowest BCUT2D eigenvalue weighted by molar-refractivity contribution is -0.131. The van der Waals surface area contributed by atoms with Crippen LogP contribution < -0.4 is 15.8 Å². The number of methoxy groups -OCH3 is 1. The molecular formula is C19H23N3O3. The zero-order chi connectivity index (χ0) is 18.1. The topological polar surface area (TPSA) is 85.9 Å². The van der Waals surface area contributed by atoms with Crippen LogP contribution in [0.2, 0.25) is 0 Å². The molecule has 6 nitrogen and oxygen atoms in total. The zero-order valence-electron chi connectivity index (χ0n) is 14.4. The van der Waals surface area contributed by atoms with Crippen molar-refractivity contribution < 1.29 is 14.4 Å². The molecule has 0 heterocycles. The van der Waals surface area contributed by atoms with Crippen LogP contribution in [-0.4, -0.2) is 31.5 Å². The highest BCUT2D eigenvalue weighted by Gasteiger charge is 2.13. The fourth-order valence-corrected chi connectivity index (χ4v) is 2.11. The van der Waals surface area contributed by atoms with Crippen molar-refractivity contribution in [2.24, 2.45) is 10.9 Å². The highest BCUT2D eigenvalue weighted by atomic mass is 16.6. The molecule has 0 saturated carbocycles. The van der Waals surface area contributed by atoms with E-state index < -0.39 is 6.10 Å². The Kier molecular flexibility index (Phi) is 6.83. The maximum absolute atomic E-state index is 12.0. The van der Waals surface area contributed by atoms with E-state index in [1.54, 1.807) is 14.0 Å². The molecule has 2 rings (SSSR count). The van der Waals surface area contributed by atoms with Crippen molar-refractivity contribution in [1.82, 2.24) is 5.32 Å². The second-order valence-electron chi connectivity index (χ2n) is 5.48. The van der Waals surface area contributed by atoms with Crippen molar-refractivity contribution in [3.8, 4) is 5.75 Å². The van der Waals surface area contributed by atoms with Gasteiger partial charge in [-0.05, 0) is 31.0 Å². The van der Waals surface area contributed by atoms with Crippen LogP contribution in [0.1, 0.15) is 18.1 Å². The SMILES string of the molecule is COc1ccc(CCNC(=O)[C@@H](C)O/N=C(/N)c2ccccc2)cc1. The van der Waals surface area contributed by atoms with Crippen molar-refractivity contribution in [1.29, 1.82) is 0 Å². The van der Waals surface area contributed by atoms with Gasteiger partial charge in [0, 0.05) is 12.1 Å². The van der Waals surface area contributed by atoms with Gasteiger partial charge in [-0.1, -0.05) is 47.6 Å². The van der Waals surface area contributed by atoms with E-state index in [0.29, 0.717) is 6.54 Å². The molecule has 0 fully saturated rings. The number of ether oxygens (including phenoxy) is 1. The van der Waals surface area contributed by atoms with Gasteiger partial charge in [-0.3, -0.25) is 4.79 Å².